The van der Waals surface area contributed by atoms with Crippen LogP contribution in [0.1, 0.15) is 54.9 Å². The lowest BCUT2D eigenvalue weighted by Crippen LogP contribution is -2.34. The van der Waals surface area contributed by atoms with Crippen molar-refractivity contribution in [2.24, 2.45) is 0 Å². The lowest BCUT2D eigenvalue weighted by molar-refractivity contribution is 0.193. The summed E-state index contributed by atoms with van der Waals surface area (Å²) in [6, 6.07) is 0. The zero-order chi connectivity index (χ0) is 15.2. The van der Waals surface area contributed by atoms with E-state index in [1.165, 1.54) is 19.3 Å². The maximum atomic E-state index is 5.43. The number of nitrogens with zero attached hydrogens (tertiary/aromatic N) is 5. The van der Waals surface area contributed by atoms with Crippen LogP contribution in [0, 0.1) is 0 Å². The minimum absolute atomic E-state index is 0.392. The maximum absolute atomic E-state index is 5.43. The molecule has 0 aromatic carbocycles. The predicted molar refractivity (Wildman–Crippen MR) is 86.6 cm³/mol. The highest BCUT2D eigenvalue weighted by molar-refractivity contribution is 7.15. The molecular weight excluding hydrogens is 310 g/mol. The lowest BCUT2D eigenvalue weighted by atomic mass is 9.97. The Labute approximate surface area is 138 Å². The number of aromatic nitrogens is 4. The van der Waals surface area contributed by atoms with Crippen molar-refractivity contribution in [2.45, 2.75) is 44.1 Å². The Morgan fingerprint density at radius 2 is 2.17 bits per heavy atom. The molecule has 5 rings (SSSR count). The topological polar surface area (TPSA) is 59.5 Å². The number of fused-ring (bicyclic) bond motifs is 1. The highest BCUT2D eigenvalue weighted by Crippen LogP contribution is 2.39. The van der Waals surface area contributed by atoms with Crippen LogP contribution in [0.3, 0.4) is 0 Å². The monoisotopic (exact) mass is 329 g/mol. The number of likely N-dealkylation sites (tertiary alicyclic amines) is 1. The second-order valence-electron chi connectivity index (χ2n) is 6.66. The molecule has 0 radical (unpaired) electrons. The van der Waals surface area contributed by atoms with Gasteiger partial charge in [0, 0.05) is 42.7 Å². The summed E-state index contributed by atoms with van der Waals surface area (Å²) < 4.78 is 7.53. The van der Waals surface area contributed by atoms with Crippen molar-refractivity contribution in [2.75, 3.05) is 13.1 Å². The maximum Gasteiger partial charge on any atom is 0.229 e. The van der Waals surface area contributed by atoms with E-state index in [2.05, 4.69) is 37.2 Å². The zero-order valence-electron chi connectivity index (χ0n) is 12.9. The van der Waals surface area contributed by atoms with E-state index in [0.717, 1.165) is 48.4 Å². The molecule has 4 heterocycles. The fraction of sp³-hybridized carbons (Fsp3) is 0.562. The van der Waals surface area contributed by atoms with Crippen molar-refractivity contribution >= 4 is 16.3 Å². The Bertz CT molecular complexity index is 789. The predicted octanol–water partition coefficient (Wildman–Crippen LogP) is 3.04. The summed E-state index contributed by atoms with van der Waals surface area (Å²) in [7, 11) is 0. The second kappa shape index (κ2) is 5.42. The molecule has 2 fully saturated rings. The standard InChI is InChI=1S/C16H19N5OS/c1-2-12(14-18-15(22-19-14)11-3-4-11)8-20(5-1)9-13-10-21-6-7-23-16(21)17-13/h6-7,10-12H,1-5,8-9H2. The van der Waals surface area contributed by atoms with Crippen LogP contribution in [0.5, 0.6) is 0 Å². The molecular formula is C16H19N5OS. The van der Waals surface area contributed by atoms with E-state index in [9.17, 15) is 0 Å². The molecule has 1 saturated carbocycles. The molecule has 23 heavy (non-hydrogen) atoms. The van der Waals surface area contributed by atoms with Gasteiger partial charge in [0.2, 0.25) is 5.89 Å². The first-order valence-electron chi connectivity index (χ1n) is 8.32. The quantitative estimate of drug-likeness (QED) is 0.736. The molecule has 0 amide bonds. The molecule has 3 aromatic heterocycles. The molecule has 1 aliphatic carbocycles. The van der Waals surface area contributed by atoms with Gasteiger partial charge >= 0.3 is 0 Å². The van der Waals surface area contributed by atoms with E-state index in [1.807, 2.05) is 0 Å². The van der Waals surface area contributed by atoms with Crippen LogP contribution in [0.4, 0.5) is 0 Å². The summed E-state index contributed by atoms with van der Waals surface area (Å²) in [6.45, 7) is 3.02. The first-order valence-corrected chi connectivity index (χ1v) is 9.20. The van der Waals surface area contributed by atoms with Crippen molar-refractivity contribution in [1.82, 2.24) is 24.4 Å². The van der Waals surface area contributed by atoms with Crippen LogP contribution in [0.15, 0.2) is 22.3 Å². The Balaban J connectivity index is 1.28. The Morgan fingerprint density at radius 1 is 1.22 bits per heavy atom. The van der Waals surface area contributed by atoms with E-state index >= 15 is 0 Å². The summed E-state index contributed by atoms with van der Waals surface area (Å²) in [4.78, 5) is 12.9. The smallest absolute Gasteiger partial charge is 0.229 e. The van der Waals surface area contributed by atoms with Crippen LogP contribution >= 0.6 is 11.3 Å². The Kier molecular flexibility index (Phi) is 3.22. The molecule has 6 nitrogen and oxygen atoms in total. The highest BCUT2D eigenvalue weighted by atomic mass is 32.1. The van der Waals surface area contributed by atoms with Crippen LogP contribution in [-0.2, 0) is 6.54 Å². The van der Waals surface area contributed by atoms with Gasteiger partial charge in [-0.1, -0.05) is 5.16 Å². The molecule has 0 bridgehead atoms. The van der Waals surface area contributed by atoms with E-state index in [1.54, 1.807) is 11.3 Å². The number of hydrogen-bond acceptors (Lipinski definition) is 6. The summed E-state index contributed by atoms with van der Waals surface area (Å²) in [5.74, 6) is 2.69. The molecule has 0 spiro atoms. The average Bonchev–Trinajstić information content (AvgIpc) is 2.96. The molecule has 1 aliphatic heterocycles. The van der Waals surface area contributed by atoms with Crippen molar-refractivity contribution in [3.8, 4) is 0 Å². The van der Waals surface area contributed by atoms with Gasteiger partial charge < -0.3 is 4.52 Å². The van der Waals surface area contributed by atoms with Crippen molar-refractivity contribution in [3.05, 3.63) is 35.2 Å². The fourth-order valence-electron chi connectivity index (χ4n) is 3.40. The number of rotatable bonds is 4. The first kappa shape index (κ1) is 13.7. The molecule has 3 aromatic rings. The van der Waals surface area contributed by atoms with E-state index < -0.39 is 0 Å². The third-order valence-electron chi connectivity index (χ3n) is 4.78. The van der Waals surface area contributed by atoms with Gasteiger partial charge in [0.15, 0.2) is 10.8 Å². The molecule has 1 atom stereocenters. The zero-order valence-corrected chi connectivity index (χ0v) is 13.7. The number of hydrogen-bond donors (Lipinski definition) is 0. The first-order chi connectivity index (χ1) is 11.3. The number of thiazole rings is 1. The molecule has 0 N–H and O–H groups in total. The van der Waals surface area contributed by atoms with E-state index in [4.69, 9.17) is 9.51 Å². The van der Waals surface area contributed by atoms with E-state index in [0.29, 0.717) is 11.8 Å². The minimum atomic E-state index is 0.392. The van der Waals surface area contributed by atoms with Gasteiger partial charge in [-0.05, 0) is 32.2 Å². The molecule has 2 aliphatic rings. The van der Waals surface area contributed by atoms with Gasteiger partial charge in [0.1, 0.15) is 0 Å². The molecule has 1 unspecified atom stereocenters. The van der Waals surface area contributed by atoms with Gasteiger partial charge in [0.25, 0.3) is 0 Å². The summed E-state index contributed by atoms with van der Waals surface area (Å²) in [5.41, 5.74) is 1.14. The third-order valence-corrected chi connectivity index (χ3v) is 5.55. The van der Waals surface area contributed by atoms with Gasteiger partial charge in [-0.2, -0.15) is 4.98 Å². The van der Waals surface area contributed by atoms with Gasteiger partial charge in [-0.25, -0.2) is 4.98 Å². The molecule has 120 valence electrons. The number of piperidine rings is 1. The third kappa shape index (κ3) is 2.68. The second-order valence-corrected chi connectivity index (χ2v) is 7.54. The minimum Gasteiger partial charge on any atom is -0.339 e. The van der Waals surface area contributed by atoms with Gasteiger partial charge in [0.05, 0.1) is 5.69 Å². The van der Waals surface area contributed by atoms with Crippen LogP contribution in [0.25, 0.3) is 4.96 Å². The summed E-state index contributed by atoms with van der Waals surface area (Å²) in [6.07, 6.45) is 8.94. The van der Waals surface area contributed by atoms with Crippen LogP contribution in [-0.4, -0.2) is 37.5 Å². The molecule has 7 heteroatoms. The largest absolute Gasteiger partial charge is 0.339 e. The van der Waals surface area contributed by atoms with Gasteiger partial charge in [-0.3, -0.25) is 9.30 Å². The highest BCUT2D eigenvalue weighted by Gasteiger charge is 2.32. The Hall–Kier alpha value is -1.73. The Morgan fingerprint density at radius 3 is 3.04 bits per heavy atom. The van der Waals surface area contributed by atoms with Crippen molar-refractivity contribution in [1.29, 1.82) is 0 Å². The van der Waals surface area contributed by atoms with Crippen molar-refractivity contribution < 1.29 is 4.52 Å². The van der Waals surface area contributed by atoms with Crippen LogP contribution in [0.2, 0.25) is 0 Å². The summed E-state index contributed by atoms with van der Waals surface area (Å²) >= 11 is 1.68. The van der Waals surface area contributed by atoms with Gasteiger partial charge in [-0.15, -0.1) is 11.3 Å². The average molecular weight is 329 g/mol. The van der Waals surface area contributed by atoms with Crippen molar-refractivity contribution in [3.63, 3.8) is 0 Å². The van der Waals surface area contributed by atoms with E-state index in [-0.39, 0.29) is 0 Å². The fourth-order valence-corrected chi connectivity index (χ4v) is 4.12. The SMILES string of the molecule is c1cn2cc(CN3CCCC(c4noc(C5CC5)n4)C3)nc2s1. The normalized spacial score (nSPS) is 22.9. The summed E-state index contributed by atoms with van der Waals surface area (Å²) in [5, 5.41) is 6.30. The number of imidazole rings is 1. The molecule has 1 saturated heterocycles. The lowest BCUT2D eigenvalue weighted by Gasteiger charge is -2.30. The van der Waals surface area contributed by atoms with Crippen LogP contribution < -0.4 is 0 Å².